The number of carbonyl (C=O) groups excluding carboxylic acids is 2. The van der Waals surface area contributed by atoms with Gasteiger partial charge in [-0.2, -0.15) is 0 Å². The van der Waals surface area contributed by atoms with Crippen LogP contribution in [0.25, 0.3) is 0 Å². The van der Waals surface area contributed by atoms with Gasteiger partial charge in [0.1, 0.15) is 5.75 Å². The second kappa shape index (κ2) is 9.00. The molecule has 0 aliphatic rings. The fraction of sp³-hybridized carbons (Fsp3) is 0.222. The number of ether oxygens (including phenoxy) is 2. The number of hydrogen-bond acceptors (Lipinski definition) is 6. The Morgan fingerprint density at radius 3 is 2.48 bits per heavy atom. The first-order chi connectivity index (χ1) is 12.8. The number of anilines is 1. The van der Waals surface area contributed by atoms with Crippen LogP contribution in [0.4, 0.5) is 11.4 Å². The fourth-order valence-electron chi connectivity index (χ4n) is 2.09. The number of amides is 1. The van der Waals surface area contributed by atoms with E-state index in [0.29, 0.717) is 12.4 Å². The number of hydrogen-bond donors (Lipinski definition) is 1. The topological polar surface area (TPSA) is 108 Å². The normalized spacial score (nSPS) is 11.4. The minimum atomic E-state index is -1.14. The van der Waals surface area contributed by atoms with Crippen LogP contribution in [0.1, 0.15) is 24.2 Å². The predicted molar refractivity (Wildman–Crippen MR) is 99.2 cm³/mol. The van der Waals surface area contributed by atoms with Crippen molar-refractivity contribution < 1.29 is 24.0 Å². The largest absolute Gasteiger partial charge is 0.494 e. The van der Waals surface area contributed by atoms with Crippen molar-refractivity contribution in [2.75, 3.05) is 11.9 Å². The molecule has 1 atom stereocenters. The maximum absolute atomic E-state index is 12.2. The van der Waals surface area contributed by atoms with Crippen molar-refractivity contribution in [3.05, 3.63) is 63.2 Å². The van der Waals surface area contributed by atoms with Gasteiger partial charge in [-0.3, -0.25) is 14.9 Å². The van der Waals surface area contributed by atoms with Gasteiger partial charge >= 0.3 is 5.97 Å². The van der Waals surface area contributed by atoms with Crippen molar-refractivity contribution in [1.82, 2.24) is 0 Å². The quantitative estimate of drug-likeness (QED) is 0.436. The van der Waals surface area contributed by atoms with Crippen molar-refractivity contribution in [3.8, 4) is 5.75 Å². The number of nitro benzene ring substituents is 1. The number of nitrogens with zero attached hydrogens (tertiary/aromatic N) is 1. The zero-order chi connectivity index (χ0) is 20.0. The summed E-state index contributed by atoms with van der Waals surface area (Å²) in [6, 6.07) is 9.92. The number of benzene rings is 2. The van der Waals surface area contributed by atoms with Crippen LogP contribution in [-0.2, 0) is 9.53 Å². The second-order valence-corrected chi connectivity index (χ2v) is 5.82. The van der Waals surface area contributed by atoms with Crippen LogP contribution in [0.2, 0.25) is 5.02 Å². The predicted octanol–water partition coefficient (Wildman–Crippen LogP) is 3.83. The Kier molecular flexibility index (Phi) is 6.73. The monoisotopic (exact) mass is 392 g/mol. The molecule has 8 nitrogen and oxygen atoms in total. The van der Waals surface area contributed by atoms with Crippen LogP contribution >= 0.6 is 11.6 Å². The van der Waals surface area contributed by atoms with Gasteiger partial charge in [0.2, 0.25) is 0 Å². The molecule has 2 aromatic carbocycles. The third-order valence-corrected chi connectivity index (χ3v) is 3.80. The number of nitrogens with one attached hydrogen (secondary N) is 1. The van der Waals surface area contributed by atoms with Crippen molar-refractivity contribution in [2.24, 2.45) is 0 Å². The Hall–Kier alpha value is -3.13. The van der Waals surface area contributed by atoms with E-state index in [1.54, 1.807) is 12.1 Å². The maximum Gasteiger partial charge on any atom is 0.338 e. The lowest BCUT2D eigenvalue weighted by molar-refractivity contribution is -0.384. The van der Waals surface area contributed by atoms with E-state index in [2.05, 4.69) is 5.32 Å². The molecule has 0 radical (unpaired) electrons. The van der Waals surface area contributed by atoms with Crippen molar-refractivity contribution >= 4 is 34.9 Å². The standard InChI is InChI=1S/C18H17ClN2O6/c1-3-26-14-7-4-12(5-8-14)18(23)27-11(2)17(22)20-16-10-13(21(24)25)6-9-15(16)19/h4-11H,3H2,1-2H3,(H,20,22)/t11-/m1/s1. The first kappa shape index (κ1) is 20.2. The van der Waals surface area contributed by atoms with Crippen LogP contribution in [-0.4, -0.2) is 29.5 Å². The molecule has 1 amide bonds. The van der Waals surface area contributed by atoms with E-state index in [0.717, 1.165) is 6.07 Å². The van der Waals surface area contributed by atoms with Gasteiger partial charge in [-0.05, 0) is 44.2 Å². The van der Waals surface area contributed by atoms with Crippen molar-refractivity contribution in [3.63, 3.8) is 0 Å². The molecule has 0 bridgehead atoms. The highest BCUT2D eigenvalue weighted by atomic mass is 35.5. The molecule has 0 heterocycles. The van der Waals surface area contributed by atoms with Crippen molar-refractivity contribution in [2.45, 2.75) is 20.0 Å². The lowest BCUT2D eigenvalue weighted by Gasteiger charge is -2.14. The molecule has 2 aromatic rings. The minimum absolute atomic E-state index is 0.0554. The number of non-ortho nitro benzene ring substituents is 1. The molecular formula is C18H17ClN2O6. The zero-order valence-electron chi connectivity index (χ0n) is 14.6. The van der Waals surface area contributed by atoms with E-state index in [9.17, 15) is 19.7 Å². The summed E-state index contributed by atoms with van der Waals surface area (Å²) in [6.45, 7) is 3.73. The Morgan fingerprint density at radius 2 is 1.89 bits per heavy atom. The molecule has 0 fully saturated rings. The second-order valence-electron chi connectivity index (χ2n) is 5.42. The fourth-order valence-corrected chi connectivity index (χ4v) is 2.26. The Labute approximate surface area is 160 Å². The van der Waals surface area contributed by atoms with Crippen molar-refractivity contribution in [1.29, 1.82) is 0 Å². The summed E-state index contributed by atoms with van der Waals surface area (Å²) in [5, 5.41) is 13.4. The van der Waals surface area contributed by atoms with Gasteiger partial charge in [-0.15, -0.1) is 0 Å². The van der Waals surface area contributed by atoms with Gasteiger partial charge in [0.05, 0.1) is 27.8 Å². The maximum atomic E-state index is 12.2. The first-order valence-electron chi connectivity index (χ1n) is 8.00. The van der Waals surface area contributed by atoms with E-state index in [1.165, 1.54) is 31.2 Å². The van der Waals surface area contributed by atoms with E-state index in [-0.39, 0.29) is 22.0 Å². The Bertz CT molecular complexity index is 853. The summed E-state index contributed by atoms with van der Waals surface area (Å²) in [5.41, 5.74) is 0.0834. The van der Waals surface area contributed by atoms with E-state index in [4.69, 9.17) is 21.1 Å². The summed E-state index contributed by atoms with van der Waals surface area (Å²) >= 11 is 5.93. The molecule has 142 valence electrons. The zero-order valence-corrected chi connectivity index (χ0v) is 15.4. The molecule has 27 heavy (non-hydrogen) atoms. The number of esters is 1. The highest BCUT2D eigenvalue weighted by molar-refractivity contribution is 6.33. The van der Waals surface area contributed by atoms with Gasteiger partial charge in [-0.1, -0.05) is 11.6 Å². The molecule has 0 spiro atoms. The number of rotatable bonds is 7. The Balaban J connectivity index is 2.02. The van der Waals surface area contributed by atoms with Crippen LogP contribution in [0.3, 0.4) is 0 Å². The third kappa shape index (κ3) is 5.42. The van der Waals surface area contributed by atoms with Gasteiger partial charge in [0.25, 0.3) is 11.6 Å². The average Bonchev–Trinajstić information content (AvgIpc) is 2.64. The number of carbonyl (C=O) groups is 2. The molecule has 0 saturated carbocycles. The van der Waals surface area contributed by atoms with E-state index >= 15 is 0 Å². The summed E-state index contributed by atoms with van der Waals surface area (Å²) in [6.07, 6.45) is -1.14. The number of nitro groups is 1. The van der Waals surface area contributed by atoms with Crippen LogP contribution < -0.4 is 10.1 Å². The SMILES string of the molecule is CCOc1ccc(C(=O)O[C@H](C)C(=O)Nc2cc([N+](=O)[O-])ccc2Cl)cc1. The van der Waals surface area contributed by atoms with E-state index in [1.807, 2.05) is 6.92 Å². The highest BCUT2D eigenvalue weighted by Crippen LogP contribution is 2.27. The summed E-state index contributed by atoms with van der Waals surface area (Å²) in [5.74, 6) is -0.748. The van der Waals surface area contributed by atoms with Crippen LogP contribution in [0, 0.1) is 10.1 Å². The minimum Gasteiger partial charge on any atom is -0.494 e. The molecular weight excluding hydrogens is 376 g/mol. The molecule has 1 N–H and O–H groups in total. The van der Waals surface area contributed by atoms with Gasteiger partial charge < -0.3 is 14.8 Å². The molecule has 0 unspecified atom stereocenters. The smallest absolute Gasteiger partial charge is 0.338 e. The molecule has 0 saturated heterocycles. The highest BCUT2D eigenvalue weighted by Gasteiger charge is 2.21. The van der Waals surface area contributed by atoms with Crippen LogP contribution in [0.15, 0.2) is 42.5 Å². The van der Waals surface area contributed by atoms with Gasteiger partial charge in [0.15, 0.2) is 6.10 Å². The van der Waals surface area contributed by atoms with Gasteiger partial charge in [0, 0.05) is 12.1 Å². The first-order valence-corrected chi connectivity index (χ1v) is 8.38. The lowest BCUT2D eigenvalue weighted by atomic mass is 10.2. The molecule has 9 heteroatoms. The third-order valence-electron chi connectivity index (χ3n) is 3.47. The lowest BCUT2D eigenvalue weighted by Crippen LogP contribution is -2.30. The summed E-state index contributed by atoms with van der Waals surface area (Å²) in [4.78, 5) is 34.6. The van der Waals surface area contributed by atoms with E-state index < -0.39 is 22.9 Å². The summed E-state index contributed by atoms with van der Waals surface area (Å²) < 4.78 is 10.4. The number of halogens is 1. The van der Waals surface area contributed by atoms with Gasteiger partial charge in [-0.25, -0.2) is 4.79 Å². The summed E-state index contributed by atoms with van der Waals surface area (Å²) in [7, 11) is 0. The van der Waals surface area contributed by atoms with Crippen LogP contribution in [0.5, 0.6) is 5.75 Å². The Morgan fingerprint density at radius 1 is 1.22 bits per heavy atom. The average molecular weight is 393 g/mol. The molecule has 2 rings (SSSR count). The molecule has 0 aromatic heterocycles. The molecule has 0 aliphatic heterocycles. The molecule has 0 aliphatic carbocycles.